The van der Waals surface area contributed by atoms with Crippen LogP contribution >= 0.6 is 0 Å². The zero-order valence-electron chi connectivity index (χ0n) is 7.81. The largest absolute Gasteiger partial charge is 0.296 e. The molecule has 0 aromatic carbocycles. The molecule has 0 aliphatic heterocycles. The first kappa shape index (κ1) is 12.3. The van der Waals surface area contributed by atoms with E-state index >= 15 is 0 Å². The SMILES string of the molecule is CC.CC=NC(C)NCC. The van der Waals surface area contributed by atoms with Crippen LogP contribution in [0, 0.1) is 0 Å². The van der Waals surface area contributed by atoms with Gasteiger partial charge in [0.1, 0.15) is 0 Å². The molecule has 0 rings (SSSR count). The predicted octanol–water partition coefficient (Wildman–Crippen LogP) is 2.06. The molecule has 0 saturated heterocycles. The third-order valence-corrected chi connectivity index (χ3v) is 0.872. The van der Waals surface area contributed by atoms with Crippen LogP contribution < -0.4 is 5.32 Å². The van der Waals surface area contributed by atoms with Crippen molar-refractivity contribution in [2.75, 3.05) is 6.54 Å². The molecule has 0 aromatic heterocycles. The van der Waals surface area contributed by atoms with Crippen molar-refractivity contribution in [3.8, 4) is 0 Å². The van der Waals surface area contributed by atoms with Crippen LogP contribution in [0.25, 0.3) is 0 Å². The van der Waals surface area contributed by atoms with Crippen molar-refractivity contribution in [2.45, 2.75) is 40.8 Å². The van der Waals surface area contributed by atoms with Crippen molar-refractivity contribution in [1.82, 2.24) is 5.32 Å². The molecule has 0 amide bonds. The standard InChI is InChI=1S/C6H14N2.C2H6/c1-4-7-6(3)8-5-2;1-2/h4,6,8H,5H2,1-3H3;1-2H3. The highest BCUT2D eigenvalue weighted by Crippen LogP contribution is 1.78. The Morgan fingerprint density at radius 2 is 2.00 bits per heavy atom. The molecule has 0 spiro atoms. The first-order chi connectivity index (χ1) is 4.81. The summed E-state index contributed by atoms with van der Waals surface area (Å²) in [6.07, 6.45) is 2.10. The van der Waals surface area contributed by atoms with Gasteiger partial charge in [-0.3, -0.25) is 10.3 Å². The van der Waals surface area contributed by atoms with Gasteiger partial charge in [-0.2, -0.15) is 0 Å². The topological polar surface area (TPSA) is 24.4 Å². The third kappa shape index (κ3) is 10.6. The predicted molar refractivity (Wildman–Crippen MR) is 48.7 cm³/mol. The summed E-state index contributed by atoms with van der Waals surface area (Å²) in [5.74, 6) is 0. The first-order valence-electron chi connectivity index (χ1n) is 4.02. The van der Waals surface area contributed by atoms with E-state index in [-0.39, 0.29) is 6.17 Å². The van der Waals surface area contributed by atoms with Crippen molar-refractivity contribution in [2.24, 2.45) is 4.99 Å². The van der Waals surface area contributed by atoms with Crippen LogP contribution in [0.15, 0.2) is 4.99 Å². The highest BCUT2D eigenvalue weighted by Gasteiger charge is 1.88. The van der Waals surface area contributed by atoms with E-state index in [9.17, 15) is 0 Å². The fraction of sp³-hybridized carbons (Fsp3) is 0.875. The maximum Gasteiger partial charge on any atom is 0.0961 e. The van der Waals surface area contributed by atoms with Crippen LogP contribution in [0.1, 0.15) is 34.6 Å². The van der Waals surface area contributed by atoms with E-state index in [1.165, 1.54) is 0 Å². The number of rotatable bonds is 3. The van der Waals surface area contributed by atoms with E-state index in [0.29, 0.717) is 0 Å². The lowest BCUT2D eigenvalue weighted by Gasteiger charge is -2.03. The molecule has 0 saturated carbocycles. The van der Waals surface area contributed by atoms with Gasteiger partial charge < -0.3 is 0 Å². The normalized spacial score (nSPS) is 12.5. The lowest BCUT2D eigenvalue weighted by Crippen LogP contribution is -2.23. The highest BCUT2D eigenvalue weighted by molar-refractivity contribution is 5.53. The molecule has 0 aliphatic carbocycles. The summed E-state index contributed by atoms with van der Waals surface area (Å²) >= 11 is 0. The number of hydrogen-bond donors (Lipinski definition) is 1. The Labute approximate surface area is 64.7 Å². The molecule has 0 aromatic rings. The van der Waals surface area contributed by atoms with E-state index in [0.717, 1.165) is 6.54 Å². The molecular formula is C8H20N2. The zero-order chi connectivity index (χ0) is 8.41. The Kier molecular flexibility index (Phi) is 14.1. The molecular weight excluding hydrogens is 124 g/mol. The summed E-state index contributed by atoms with van der Waals surface area (Å²) in [6, 6.07) is 0. The molecule has 1 unspecified atom stereocenters. The van der Waals surface area contributed by atoms with Crippen LogP contribution in [-0.4, -0.2) is 18.9 Å². The fourth-order valence-electron chi connectivity index (χ4n) is 0.572. The quantitative estimate of drug-likeness (QED) is 0.602. The molecule has 0 fully saturated rings. The van der Waals surface area contributed by atoms with Gasteiger partial charge in [0, 0.05) is 0 Å². The van der Waals surface area contributed by atoms with Gasteiger partial charge in [-0.05, 0) is 26.6 Å². The molecule has 1 atom stereocenters. The number of aliphatic imine (C=N–C) groups is 1. The molecule has 0 aliphatic rings. The minimum atomic E-state index is 0.282. The van der Waals surface area contributed by atoms with Crippen molar-refractivity contribution >= 4 is 6.21 Å². The minimum absolute atomic E-state index is 0.282. The smallest absolute Gasteiger partial charge is 0.0961 e. The van der Waals surface area contributed by atoms with E-state index in [2.05, 4.69) is 17.2 Å². The summed E-state index contributed by atoms with van der Waals surface area (Å²) in [6.45, 7) is 11.0. The van der Waals surface area contributed by atoms with Crippen LogP contribution in [0.4, 0.5) is 0 Å². The van der Waals surface area contributed by atoms with E-state index < -0.39 is 0 Å². The number of hydrogen-bond acceptors (Lipinski definition) is 2. The summed E-state index contributed by atoms with van der Waals surface area (Å²) in [4.78, 5) is 4.08. The Bertz CT molecular complexity index is 69.7. The van der Waals surface area contributed by atoms with Gasteiger partial charge in [0.25, 0.3) is 0 Å². The van der Waals surface area contributed by atoms with Crippen LogP contribution in [0.2, 0.25) is 0 Å². The second kappa shape index (κ2) is 11.4. The average molecular weight is 144 g/mol. The highest BCUT2D eigenvalue weighted by atomic mass is 15.0. The van der Waals surface area contributed by atoms with E-state index in [4.69, 9.17) is 0 Å². The van der Waals surface area contributed by atoms with Crippen molar-refractivity contribution in [3.63, 3.8) is 0 Å². The fourth-order valence-corrected chi connectivity index (χ4v) is 0.572. The molecule has 2 nitrogen and oxygen atoms in total. The van der Waals surface area contributed by atoms with Crippen LogP contribution in [0.3, 0.4) is 0 Å². The van der Waals surface area contributed by atoms with Crippen molar-refractivity contribution in [1.29, 1.82) is 0 Å². The van der Waals surface area contributed by atoms with Gasteiger partial charge in [-0.15, -0.1) is 0 Å². The van der Waals surface area contributed by atoms with Gasteiger partial charge in [0.05, 0.1) is 6.17 Å². The first-order valence-corrected chi connectivity index (χ1v) is 4.02. The van der Waals surface area contributed by atoms with E-state index in [1.54, 1.807) is 0 Å². The lowest BCUT2D eigenvalue weighted by atomic mass is 10.5. The Hall–Kier alpha value is -0.370. The summed E-state index contributed by atoms with van der Waals surface area (Å²) < 4.78 is 0. The van der Waals surface area contributed by atoms with Crippen molar-refractivity contribution in [3.05, 3.63) is 0 Å². The maximum atomic E-state index is 4.08. The van der Waals surface area contributed by atoms with Gasteiger partial charge >= 0.3 is 0 Å². The number of nitrogens with one attached hydrogen (secondary N) is 1. The summed E-state index contributed by atoms with van der Waals surface area (Å²) in [5, 5.41) is 3.15. The second-order valence-corrected chi connectivity index (χ2v) is 1.64. The maximum absolute atomic E-state index is 4.08. The van der Waals surface area contributed by atoms with Gasteiger partial charge in [0.15, 0.2) is 0 Å². The van der Waals surface area contributed by atoms with Gasteiger partial charge in [0.2, 0.25) is 0 Å². The summed E-state index contributed by atoms with van der Waals surface area (Å²) in [5.41, 5.74) is 0. The molecule has 2 heteroatoms. The Morgan fingerprint density at radius 1 is 1.50 bits per heavy atom. The third-order valence-electron chi connectivity index (χ3n) is 0.872. The molecule has 10 heavy (non-hydrogen) atoms. The Morgan fingerprint density at radius 3 is 2.30 bits per heavy atom. The van der Waals surface area contributed by atoms with Gasteiger partial charge in [-0.1, -0.05) is 20.8 Å². The summed E-state index contributed by atoms with van der Waals surface area (Å²) in [7, 11) is 0. The molecule has 1 N–H and O–H groups in total. The molecule has 0 bridgehead atoms. The zero-order valence-corrected chi connectivity index (χ0v) is 7.81. The monoisotopic (exact) mass is 144 g/mol. The molecule has 0 radical (unpaired) electrons. The van der Waals surface area contributed by atoms with Crippen molar-refractivity contribution < 1.29 is 0 Å². The lowest BCUT2D eigenvalue weighted by molar-refractivity contribution is 0.593. The average Bonchev–Trinajstić information content (AvgIpc) is 1.93. The Balaban J connectivity index is 0. The minimum Gasteiger partial charge on any atom is -0.296 e. The van der Waals surface area contributed by atoms with Crippen LogP contribution in [-0.2, 0) is 0 Å². The molecule has 0 heterocycles. The second-order valence-electron chi connectivity index (χ2n) is 1.64. The van der Waals surface area contributed by atoms with E-state index in [1.807, 2.05) is 33.9 Å². The van der Waals surface area contributed by atoms with Gasteiger partial charge in [-0.25, -0.2) is 0 Å². The molecule has 62 valence electrons. The van der Waals surface area contributed by atoms with Crippen LogP contribution in [0.5, 0.6) is 0 Å². The number of nitrogens with zero attached hydrogens (tertiary/aromatic N) is 1.